The third-order valence-electron chi connectivity index (χ3n) is 2.84. The zero-order chi connectivity index (χ0) is 11.7. The van der Waals surface area contributed by atoms with Crippen LogP contribution < -0.4 is 0 Å². The Kier molecular flexibility index (Phi) is 2.37. The summed E-state index contributed by atoms with van der Waals surface area (Å²) in [5.74, 6) is -0.179. The van der Waals surface area contributed by atoms with E-state index in [1.165, 1.54) is 6.07 Å². The van der Waals surface area contributed by atoms with Crippen molar-refractivity contribution in [3.8, 4) is 0 Å². The molecule has 0 bridgehead atoms. The van der Waals surface area contributed by atoms with E-state index in [0.29, 0.717) is 12.1 Å². The second-order valence-corrected chi connectivity index (χ2v) is 3.98. The molecule has 2 heterocycles. The van der Waals surface area contributed by atoms with Gasteiger partial charge in [-0.05, 0) is 29.8 Å². The Balaban J connectivity index is 2.07. The molecule has 0 aliphatic rings. The van der Waals surface area contributed by atoms with E-state index < -0.39 is 0 Å². The molecule has 84 valence electrons. The zero-order valence-corrected chi connectivity index (χ0v) is 9.18. The van der Waals surface area contributed by atoms with Crippen molar-refractivity contribution in [1.82, 2.24) is 9.55 Å². The lowest BCUT2D eigenvalue weighted by atomic mass is 10.2. The van der Waals surface area contributed by atoms with Crippen LogP contribution in [0.4, 0.5) is 4.39 Å². The number of aromatic nitrogens is 2. The number of para-hydroxylation sites is 1. The van der Waals surface area contributed by atoms with Crippen molar-refractivity contribution in [2.75, 3.05) is 0 Å². The summed E-state index contributed by atoms with van der Waals surface area (Å²) in [6.07, 6.45) is 5.41. The number of rotatable bonds is 2. The normalized spacial score (nSPS) is 10.9. The first-order chi connectivity index (χ1) is 8.34. The fourth-order valence-electron chi connectivity index (χ4n) is 2.03. The van der Waals surface area contributed by atoms with E-state index in [-0.39, 0.29) is 5.82 Å². The second-order valence-electron chi connectivity index (χ2n) is 3.98. The van der Waals surface area contributed by atoms with Gasteiger partial charge in [-0.2, -0.15) is 0 Å². The third-order valence-corrected chi connectivity index (χ3v) is 2.84. The quantitative estimate of drug-likeness (QED) is 0.656. The van der Waals surface area contributed by atoms with E-state index in [1.54, 1.807) is 18.5 Å². The van der Waals surface area contributed by atoms with E-state index in [1.807, 2.05) is 35.0 Å². The molecule has 0 spiro atoms. The Bertz CT molecular complexity index is 644. The molecule has 0 fully saturated rings. The van der Waals surface area contributed by atoms with Gasteiger partial charge in [-0.3, -0.25) is 4.98 Å². The maximum absolute atomic E-state index is 13.7. The van der Waals surface area contributed by atoms with Gasteiger partial charge in [-0.1, -0.05) is 12.1 Å². The summed E-state index contributed by atoms with van der Waals surface area (Å²) in [4.78, 5) is 3.97. The molecule has 0 radical (unpaired) electrons. The zero-order valence-electron chi connectivity index (χ0n) is 9.18. The molecule has 3 heteroatoms. The summed E-state index contributed by atoms with van der Waals surface area (Å²) in [6, 6.07) is 10.9. The molecule has 2 aromatic heterocycles. The van der Waals surface area contributed by atoms with Gasteiger partial charge < -0.3 is 4.57 Å². The van der Waals surface area contributed by atoms with Crippen LogP contribution in [0.1, 0.15) is 5.56 Å². The Morgan fingerprint density at radius 1 is 1.06 bits per heavy atom. The lowest BCUT2D eigenvalue weighted by Gasteiger charge is -2.05. The van der Waals surface area contributed by atoms with Crippen LogP contribution in [0.15, 0.2) is 55.0 Å². The van der Waals surface area contributed by atoms with E-state index in [2.05, 4.69) is 4.98 Å². The van der Waals surface area contributed by atoms with Gasteiger partial charge in [0.15, 0.2) is 0 Å². The van der Waals surface area contributed by atoms with Crippen molar-refractivity contribution in [3.63, 3.8) is 0 Å². The van der Waals surface area contributed by atoms with Crippen LogP contribution in [0, 0.1) is 5.82 Å². The van der Waals surface area contributed by atoms with Crippen molar-refractivity contribution >= 4 is 10.9 Å². The van der Waals surface area contributed by atoms with Gasteiger partial charge >= 0.3 is 0 Å². The molecule has 0 amide bonds. The minimum atomic E-state index is -0.179. The van der Waals surface area contributed by atoms with Crippen LogP contribution in [0.2, 0.25) is 0 Å². The van der Waals surface area contributed by atoms with E-state index in [0.717, 1.165) is 10.9 Å². The van der Waals surface area contributed by atoms with Gasteiger partial charge in [0, 0.05) is 30.5 Å². The van der Waals surface area contributed by atoms with Crippen molar-refractivity contribution in [3.05, 3.63) is 66.4 Å². The molecule has 1 aromatic carbocycles. The molecule has 0 N–H and O–H groups in total. The molecule has 3 aromatic rings. The molecule has 17 heavy (non-hydrogen) atoms. The van der Waals surface area contributed by atoms with E-state index in [4.69, 9.17) is 0 Å². The highest BCUT2D eigenvalue weighted by molar-refractivity contribution is 5.80. The third kappa shape index (κ3) is 1.80. The summed E-state index contributed by atoms with van der Waals surface area (Å²) < 4.78 is 15.7. The van der Waals surface area contributed by atoms with Crippen molar-refractivity contribution in [2.45, 2.75) is 6.54 Å². The van der Waals surface area contributed by atoms with E-state index >= 15 is 0 Å². The standard InChI is InChI=1S/C14H11FN2/c15-13-3-1-2-12-6-9-17(14(12)13)10-11-4-7-16-8-5-11/h1-9H,10H2. The number of hydrogen-bond donors (Lipinski definition) is 0. The first-order valence-electron chi connectivity index (χ1n) is 5.47. The number of halogens is 1. The summed E-state index contributed by atoms with van der Waals surface area (Å²) in [7, 11) is 0. The van der Waals surface area contributed by atoms with Crippen LogP contribution in [0.3, 0.4) is 0 Å². The molecule has 0 atom stereocenters. The summed E-state index contributed by atoms with van der Waals surface area (Å²) >= 11 is 0. The molecule has 0 unspecified atom stereocenters. The monoisotopic (exact) mass is 226 g/mol. The predicted octanol–water partition coefficient (Wildman–Crippen LogP) is 3.22. The molecule has 0 aliphatic heterocycles. The van der Waals surface area contributed by atoms with Crippen LogP contribution in [0.25, 0.3) is 10.9 Å². The van der Waals surface area contributed by atoms with Crippen molar-refractivity contribution in [1.29, 1.82) is 0 Å². The first kappa shape index (κ1) is 10.0. The summed E-state index contributed by atoms with van der Waals surface area (Å²) in [6.45, 7) is 0.660. The van der Waals surface area contributed by atoms with Crippen LogP contribution in [-0.4, -0.2) is 9.55 Å². The Hall–Kier alpha value is -2.16. The topological polar surface area (TPSA) is 17.8 Å². The van der Waals surface area contributed by atoms with Crippen LogP contribution in [0.5, 0.6) is 0 Å². The Morgan fingerprint density at radius 2 is 1.88 bits per heavy atom. The fraction of sp³-hybridized carbons (Fsp3) is 0.0714. The lowest BCUT2D eigenvalue weighted by molar-refractivity contribution is 0.628. The molecular formula is C14H11FN2. The number of nitrogens with zero attached hydrogens (tertiary/aromatic N) is 2. The molecule has 0 saturated heterocycles. The summed E-state index contributed by atoms with van der Waals surface area (Å²) in [5.41, 5.74) is 1.77. The van der Waals surface area contributed by atoms with Crippen LogP contribution >= 0.6 is 0 Å². The first-order valence-corrected chi connectivity index (χ1v) is 5.47. The van der Waals surface area contributed by atoms with Crippen molar-refractivity contribution < 1.29 is 4.39 Å². The highest BCUT2D eigenvalue weighted by Crippen LogP contribution is 2.20. The van der Waals surface area contributed by atoms with Gasteiger partial charge in [0.25, 0.3) is 0 Å². The lowest BCUT2D eigenvalue weighted by Crippen LogP contribution is -1.99. The predicted molar refractivity (Wildman–Crippen MR) is 65.2 cm³/mol. The molecule has 3 rings (SSSR count). The number of benzene rings is 1. The Labute approximate surface area is 98.3 Å². The SMILES string of the molecule is Fc1cccc2ccn(Cc3ccncc3)c12. The number of pyridine rings is 1. The maximum Gasteiger partial charge on any atom is 0.147 e. The minimum absolute atomic E-state index is 0.179. The molecule has 0 aliphatic carbocycles. The number of hydrogen-bond acceptors (Lipinski definition) is 1. The molecular weight excluding hydrogens is 215 g/mol. The highest BCUT2D eigenvalue weighted by atomic mass is 19.1. The molecule has 0 saturated carbocycles. The highest BCUT2D eigenvalue weighted by Gasteiger charge is 2.06. The molecule has 2 nitrogen and oxygen atoms in total. The van der Waals surface area contributed by atoms with Gasteiger partial charge in [-0.25, -0.2) is 4.39 Å². The van der Waals surface area contributed by atoms with Gasteiger partial charge in [0.1, 0.15) is 5.82 Å². The van der Waals surface area contributed by atoms with Crippen LogP contribution in [-0.2, 0) is 6.54 Å². The minimum Gasteiger partial charge on any atom is -0.341 e. The average Bonchev–Trinajstić information content (AvgIpc) is 2.75. The van der Waals surface area contributed by atoms with Gasteiger partial charge in [0.2, 0.25) is 0 Å². The second kappa shape index (κ2) is 4.01. The van der Waals surface area contributed by atoms with E-state index in [9.17, 15) is 4.39 Å². The average molecular weight is 226 g/mol. The largest absolute Gasteiger partial charge is 0.341 e. The van der Waals surface area contributed by atoms with Crippen molar-refractivity contribution in [2.24, 2.45) is 0 Å². The maximum atomic E-state index is 13.7. The number of fused-ring (bicyclic) bond motifs is 1. The Morgan fingerprint density at radius 3 is 2.71 bits per heavy atom. The van der Waals surface area contributed by atoms with Gasteiger partial charge in [-0.15, -0.1) is 0 Å². The van der Waals surface area contributed by atoms with Gasteiger partial charge in [0.05, 0.1) is 5.52 Å². The smallest absolute Gasteiger partial charge is 0.147 e. The summed E-state index contributed by atoms with van der Waals surface area (Å²) in [5, 5.41) is 0.930. The fourth-order valence-corrected chi connectivity index (χ4v) is 2.03.